The van der Waals surface area contributed by atoms with Crippen molar-refractivity contribution in [2.75, 3.05) is 18.0 Å². The van der Waals surface area contributed by atoms with Crippen molar-refractivity contribution in [1.29, 1.82) is 0 Å². The zero-order valence-electron chi connectivity index (χ0n) is 15.9. The molecule has 7 nitrogen and oxygen atoms in total. The van der Waals surface area contributed by atoms with Crippen LogP contribution in [-0.4, -0.2) is 42.4 Å². The molecule has 1 aromatic carbocycles. The molecule has 0 aliphatic carbocycles. The van der Waals surface area contributed by atoms with Gasteiger partial charge in [-0.1, -0.05) is 18.2 Å². The molecule has 142 valence electrons. The fourth-order valence-electron chi connectivity index (χ4n) is 4.04. The molecule has 0 bridgehead atoms. The van der Waals surface area contributed by atoms with Gasteiger partial charge in [-0.2, -0.15) is 0 Å². The van der Waals surface area contributed by atoms with Crippen molar-refractivity contribution in [1.82, 2.24) is 29.3 Å². The number of para-hydroxylation sites is 1. The lowest BCUT2D eigenvalue weighted by Gasteiger charge is -2.33. The van der Waals surface area contributed by atoms with Crippen LogP contribution in [0.15, 0.2) is 55.1 Å². The number of hydrogen-bond acceptors (Lipinski definition) is 5. The lowest BCUT2D eigenvalue weighted by atomic mass is 9.97. The molecule has 0 amide bonds. The average molecular weight is 373 g/mol. The standard InChI is InChI=1S/C21H23N7/c1-26-20(14-27-12-10-22-15-27)24-25-21(26)17-6-4-11-28(13-17)19-9-8-16-5-2-3-7-18(16)23-19/h2-3,5,7-10,12,15,17H,4,6,11,13-14H2,1H3/t17-/m0/s1. The van der Waals surface area contributed by atoms with Gasteiger partial charge >= 0.3 is 0 Å². The average Bonchev–Trinajstić information content (AvgIpc) is 3.38. The topological polar surface area (TPSA) is 64.7 Å². The maximum Gasteiger partial charge on any atom is 0.152 e. The molecular formula is C21H23N7. The van der Waals surface area contributed by atoms with Gasteiger partial charge in [0.05, 0.1) is 18.4 Å². The molecule has 1 atom stereocenters. The van der Waals surface area contributed by atoms with Crippen LogP contribution in [0.25, 0.3) is 10.9 Å². The molecule has 0 N–H and O–H groups in total. The summed E-state index contributed by atoms with van der Waals surface area (Å²) in [6.07, 6.45) is 7.79. The number of pyridine rings is 1. The van der Waals surface area contributed by atoms with Crippen molar-refractivity contribution in [2.45, 2.75) is 25.3 Å². The Labute approximate surface area is 163 Å². The van der Waals surface area contributed by atoms with E-state index in [1.165, 1.54) is 5.39 Å². The Balaban J connectivity index is 1.37. The fourth-order valence-corrected chi connectivity index (χ4v) is 4.04. The molecule has 0 radical (unpaired) electrons. The second kappa shape index (κ2) is 7.07. The van der Waals surface area contributed by atoms with E-state index in [4.69, 9.17) is 4.98 Å². The van der Waals surface area contributed by atoms with Gasteiger partial charge in [-0.25, -0.2) is 9.97 Å². The Kier molecular flexibility index (Phi) is 4.27. The highest BCUT2D eigenvalue weighted by Crippen LogP contribution is 2.29. The fraction of sp³-hybridized carbons (Fsp3) is 0.333. The third-order valence-electron chi connectivity index (χ3n) is 5.58. The van der Waals surface area contributed by atoms with Crippen LogP contribution in [0.3, 0.4) is 0 Å². The Morgan fingerprint density at radius 1 is 1.11 bits per heavy atom. The predicted molar refractivity (Wildman–Crippen MR) is 108 cm³/mol. The Morgan fingerprint density at radius 2 is 2.04 bits per heavy atom. The van der Waals surface area contributed by atoms with Crippen molar-refractivity contribution in [3.8, 4) is 0 Å². The first-order valence-corrected chi connectivity index (χ1v) is 9.72. The van der Waals surface area contributed by atoms with Crippen molar-refractivity contribution < 1.29 is 0 Å². The second-order valence-corrected chi connectivity index (χ2v) is 7.42. The lowest BCUT2D eigenvalue weighted by molar-refractivity contribution is 0.476. The molecule has 7 heteroatoms. The zero-order valence-corrected chi connectivity index (χ0v) is 15.9. The predicted octanol–water partition coefficient (Wildman–Crippen LogP) is 2.99. The van der Waals surface area contributed by atoms with E-state index in [2.05, 4.69) is 62.0 Å². The van der Waals surface area contributed by atoms with Gasteiger partial charge in [0.2, 0.25) is 0 Å². The summed E-state index contributed by atoms with van der Waals surface area (Å²) in [6, 6.07) is 12.6. The lowest BCUT2D eigenvalue weighted by Crippen LogP contribution is -2.35. The number of benzene rings is 1. The van der Waals surface area contributed by atoms with Gasteiger partial charge in [-0.05, 0) is 31.0 Å². The molecule has 3 aromatic heterocycles. The van der Waals surface area contributed by atoms with Gasteiger partial charge in [0.1, 0.15) is 11.6 Å². The minimum absolute atomic E-state index is 0.357. The normalized spacial score (nSPS) is 17.3. The zero-order chi connectivity index (χ0) is 18.9. The molecule has 5 rings (SSSR count). The molecule has 4 aromatic rings. The smallest absolute Gasteiger partial charge is 0.152 e. The molecule has 1 saturated heterocycles. The second-order valence-electron chi connectivity index (χ2n) is 7.42. The monoisotopic (exact) mass is 373 g/mol. The van der Waals surface area contributed by atoms with Crippen LogP contribution in [0.4, 0.5) is 5.82 Å². The molecule has 28 heavy (non-hydrogen) atoms. The number of anilines is 1. The van der Waals surface area contributed by atoms with E-state index < -0.39 is 0 Å². The first-order chi connectivity index (χ1) is 13.8. The first-order valence-electron chi connectivity index (χ1n) is 9.72. The SMILES string of the molecule is Cn1c(Cn2ccnc2)nnc1[C@H]1CCCN(c2ccc3ccccc3n2)C1. The molecule has 1 aliphatic rings. The Bertz CT molecular complexity index is 1080. The summed E-state index contributed by atoms with van der Waals surface area (Å²) < 4.78 is 4.15. The summed E-state index contributed by atoms with van der Waals surface area (Å²) in [5.41, 5.74) is 1.04. The molecular weight excluding hydrogens is 350 g/mol. The van der Waals surface area contributed by atoms with Crippen LogP contribution in [0.1, 0.15) is 30.4 Å². The molecule has 0 unspecified atom stereocenters. The van der Waals surface area contributed by atoms with E-state index in [0.29, 0.717) is 12.5 Å². The Morgan fingerprint density at radius 3 is 2.93 bits per heavy atom. The van der Waals surface area contributed by atoms with Crippen molar-refractivity contribution in [3.05, 3.63) is 66.8 Å². The van der Waals surface area contributed by atoms with Gasteiger partial charge in [0.25, 0.3) is 0 Å². The van der Waals surface area contributed by atoms with Gasteiger partial charge in [0, 0.05) is 43.8 Å². The van der Waals surface area contributed by atoms with Crippen LogP contribution in [0.5, 0.6) is 0 Å². The van der Waals surface area contributed by atoms with Crippen LogP contribution < -0.4 is 4.90 Å². The van der Waals surface area contributed by atoms with Gasteiger partial charge in [-0.3, -0.25) is 0 Å². The number of rotatable bonds is 4. The third-order valence-corrected chi connectivity index (χ3v) is 5.58. The van der Waals surface area contributed by atoms with Crippen molar-refractivity contribution in [3.63, 3.8) is 0 Å². The summed E-state index contributed by atoms with van der Waals surface area (Å²) in [4.78, 5) is 11.4. The summed E-state index contributed by atoms with van der Waals surface area (Å²) in [5.74, 6) is 3.41. The van der Waals surface area contributed by atoms with Gasteiger partial charge < -0.3 is 14.0 Å². The third kappa shape index (κ3) is 3.13. The quantitative estimate of drug-likeness (QED) is 0.550. The van der Waals surface area contributed by atoms with E-state index in [9.17, 15) is 0 Å². The maximum absolute atomic E-state index is 4.88. The number of piperidine rings is 1. The van der Waals surface area contributed by atoms with Crippen LogP contribution in [0.2, 0.25) is 0 Å². The largest absolute Gasteiger partial charge is 0.356 e. The van der Waals surface area contributed by atoms with Crippen molar-refractivity contribution in [2.24, 2.45) is 7.05 Å². The first kappa shape index (κ1) is 16.9. The number of fused-ring (bicyclic) bond motifs is 1. The number of nitrogens with zero attached hydrogens (tertiary/aromatic N) is 7. The highest BCUT2D eigenvalue weighted by molar-refractivity contribution is 5.80. The van der Waals surface area contributed by atoms with Crippen LogP contribution >= 0.6 is 0 Å². The number of aromatic nitrogens is 6. The summed E-state index contributed by atoms with van der Waals surface area (Å²) in [6.45, 7) is 2.64. The van der Waals surface area contributed by atoms with Crippen LogP contribution in [-0.2, 0) is 13.6 Å². The van der Waals surface area contributed by atoms with E-state index >= 15 is 0 Å². The van der Waals surface area contributed by atoms with Gasteiger partial charge in [0.15, 0.2) is 5.82 Å². The van der Waals surface area contributed by atoms with E-state index in [1.807, 2.05) is 23.2 Å². The summed E-state index contributed by atoms with van der Waals surface area (Å²) in [7, 11) is 2.06. The van der Waals surface area contributed by atoms with E-state index in [1.54, 1.807) is 6.20 Å². The van der Waals surface area contributed by atoms with Crippen molar-refractivity contribution >= 4 is 16.7 Å². The van der Waals surface area contributed by atoms with Gasteiger partial charge in [-0.15, -0.1) is 10.2 Å². The molecule has 4 heterocycles. The summed E-state index contributed by atoms with van der Waals surface area (Å²) >= 11 is 0. The number of imidazole rings is 1. The van der Waals surface area contributed by atoms with E-state index in [0.717, 1.165) is 48.9 Å². The Hall–Kier alpha value is -3.22. The van der Waals surface area contributed by atoms with E-state index in [-0.39, 0.29) is 0 Å². The minimum Gasteiger partial charge on any atom is -0.356 e. The summed E-state index contributed by atoms with van der Waals surface area (Å²) in [5, 5.41) is 10.1. The highest BCUT2D eigenvalue weighted by atomic mass is 15.3. The van der Waals surface area contributed by atoms with Crippen LogP contribution in [0, 0.1) is 0 Å². The molecule has 1 aliphatic heterocycles. The molecule has 0 saturated carbocycles. The number of hydrogen-bond donors (Lipinski definition) is 0. The maximum atomic E-state index is 4.88. The highest BCUT2D eigenvalue weighted by Gasteiger charge is 2.26. The minimum atomic E-state index is 0.357. The molecule has 1 fully saturated rings. The molecule has 0 spiro atoms.